The SMILES string of the molecule is CCNC1c2ccccc2CC1N1CCCC(C)C1. The van der Waals surface area contributed by atoms with Gasteiger partial charge < -0.3 is 5.32 Å². The third kappa shape index (κ3) is 2.56. The molecule has 2 nitrogen and oxygen atoms in total. The first-order valence-electron chi connectivity index (χ1n) is 7.84. The van der Waals surface area contributed by atoms with Crippen molar-refractivity contribution in [2.75, 3.05) is 19.6 Å². The van der Waals surface area contributed by atoms with Crippen LogP contribution >= 0.6 is 0 Å². The second kappa shape index (κ2) is 5.64. The van der Waals surface area contributed by atoms with Crippen LogP contribution in [0.1, 0.15) is 43.9 Å². The summed E-state index contributed by atoms with van der Waals surface area (Å²) in [5.41, 5.74) is 3.09. The quantitative estimate of drug-likeness (QED) is 0.896. The van der Waals surface area contributed by atoms with Gasteiger partial charge in [0.05, 0.1) is 0 Å². The van der Waals surface area contributed by atoms with E-state index in [0.29, 0.717) is 12.1 Å². The predicted octanol–water partition coefficient (Wildman–Crippen LogP) is 2.99. The maximum absolute atomic E-state index is 3.72. The highest BCUT2D eigenvalue weighted by Gasteiger charge is 2.36. The lowest BCUT2D eigenvalue weighted by Crippen LogP contribution is -2.47. The summed E-state index contributed by atoms with van der Waals surface area (Å²) in [6.45, 7) is 8.23. The van der Waals surface area contributed by atoms with Gasteiger partial charge in [-0.2, -0.15) is 0 Å². The summed E-state index contributed by atoms with van der Waals surface area (Å²) in [6.07, 6.45) is 4.00. The van der Waals surface area contributed by atoms with Gasteiger partial charge in [0, 0.05) is 18.6 Å². The largest absolute Gasteiger partial charge is 0.309 e. The lowest BCUT2D eigenvalue weighted by Gasteiger charge is -2.38. The van der Waals surface area contributed by atoms with E-state index in [0.717, 1.165) is 12.5 Å². The molecular formula is C17H26N2. The van der Waals surface area contributed by atoms with Crippen LogP contribution in [0, 0.1) is 5.92 Å². The van der Waals surface area contributed by atoms with Crippen molar-refractivity contribution in [3.05, 3.63) is 35.4 Å². The minimum Gasteiger partial charge on any atom is -0.309 e. The van der Waals surface area contributed by atoms with Crippen LogP contribution in [0.5, 0.6) is 0 Å². The van der Waals surface area contributed by atoms with Crippen LogP contribution in [-0.2, 0) is 6.42 Å². The number of likely N-dealkylation sites (N-methyl/N-ethyl adjacent to an activating group) is 1. The maximum Gasteiger partial charge on any atom is 0.0484 e. The van der Waals surface area contributed by atoms with Gasteiger partial charge in [-0.3, -0.25) is 4.90 Å². The lowest BCUT2D eigenvalue weighted by molar-refractivity contribution is 0.111. The smallest absolute Gasteiger partial charge is 0.0484 e. The van der Waals surface area contributed by atoms with Crippen LogP contribution in [0.15, 0.2) is 24.3 Å². The molecule has 1 aromatic rings. The molecule has 0 amide bonds. The minimum absolute atomic E-state index is 0.534. The number of fused-ring (bicyclic) bond motifs is 1. The number of likely N-dealkylation sites (tertiary alicyclic amines) is 1. The zero-order valence-corrected chi connectivity index (χ0v) is 12.2. The fourth-order valence-electron chi connectivity index (χ4n) is 3.91. The summed E-state index contributed by atoms with van der Waals surface area (Å²) < 4.78 is 0. The van der Waals surface area contributed by atoms with E-state index in [2.05, 4.69) is 48.3 Å². The Hall–Kier alpha value is -0.860. The van der Waals surface area contributed by atoms with Crippen LogP contribution in [0.2, 0.25) is 0 Å². The normalized spacial score (nSPS) is 31.4. The molecule has 0 aromatic heterocycles. The Morgan fingerprint density at radius 3 is 2.95 bits per heavy atom. The van der Waals surface area contributed by atoms with E-state index in [1.165, 1.54) is 37.9 Å². The Labute approximate surface area is 117 Å². The highest BCUT2D eigenvalue weighted by molar-refractivity contribution is 5.37. The van der Waals surface area contributed by atoms with E-state index < -0.39 is 0 Å². The molecule has 1 aliphatic heterocycles. The minimum atomic E-state index is 0.534. The topological polar surface area (TPSA) is 15.3 Å². The van der Waals surface area contributed by atoms with Crippen molar-refractivity contribution in [1.82, 2.24) is 10.2 Å². The molecule has 1 saturated heterocycles. The van der Waals surface area contributed by atoms with E-state index in [1.54, 1.807) is 5.56 Å². The molecule has 0 spiro atoms. The molecule has 1 aromatic carbocycles. The van der Waals surface area contributed by atoms with Gasteiger partial charge in [0.15, 0.2) is 0 Å². The van der Waals surface area contributed by atoms with Crippen LogP contribution in [-0.4, -0.2) is 30.6 Å². The zero-order valence-electron chi connectivity index (χ0n) is 12.2. The number of nitrogens with zero attached hydrogens (tertiary/aromatic N) is 1. The van der Waals surface area contributed by atoms with Crippen LogP contribution in [0.25, 0.3) is 0 Å². The summed E-state index contributed by atoms with van der Waals surface area (Å²) in [4.78, 5) is 2.74. The first kappa shape index (κ1) is 13.1. The Morgan fingerprint density at radius 2 is 2.16 bits per heavy atom. The first-order chi connectivity index (χ1) is 9.29. The summed E-state index contributed by atoms with van der Waals surface area (Å²) in [7, 11) is 0. The van der Waals surface area contributed by atoms with Crippen LogP contribution in [0.3, 0.4) is 0 Å². The van der Waals surface area contributed by atoms with Crippen molar-refractivity contribution in [2.24, 2.45) is 5.92 Å². The van der Waals surface area contributed by atoms with Gasteiger partial charge in [-0.05, 0) is 49.4 Å². The van der Waals surface area contributed by atoms with E-state index in [-0.39, 0.29) is 0 Å². The fraction of sp³-hybridized carbons (Fsp3) is 0.647. The molecule has 1 heterocycles. The number of hydrogen-bond acceptors (Lipinski definition) is 2. The monoisotopic (exact) mass is 258 g/mol. The van der Waals surface area contributed by atoms with Gasteiger partial charge in [0.2, 0.25) is 0 Å². The second-order valence-corrected chi connectivity index (χ2v) is 6.25. The molecule has 0 saturated carbocycles. The van der Waals surface area contributed by atoms with Crippen molar-refractivity contribution < 1.29 is 0 Å². The predicted molar refractivity (Wildman–Crippen MR) is 80.3 cm³/mol. The number of rotatable bonds is 3. The van der Waals surface area contributed by atoms with E-state index >= 15 is 0 Å². The number of benzene rings is 1. The Kier molecular flexibility index (Phi) is 3.90. The molecule has 1 N–H and O–H groups in total. The standard InChI is InChI=1S/C17H26N2/c1-3-18-17-15-9-5-4-8-14(15)11-16(17)19-10-6-7-13(2)12-19/h4-5,8-9,13,16-18H,3,6-7,10-12H2,1-2H3. The number of nitrogens with one attached hydrogen (secondary N) is 1. The highest BCUT2D eigenvalue weighted by Crippen LogP contribution is 2.36. The second-order valence-electron chi connectivity index (χ2n) is 6.25. The van der Waals surface area contributed by atoms with Crippen LogP contribution < -0.4 is 5.32 Å². The molecule has 2 heteroatoms. The summed E-state index contributed by atoms with van der Waals surface area (Å²) in [5.74, 6) is 0.861. The lowest BCUT2D eigenvalue weighted by atomic mass is 9.96. The van der Waals surface area contributed by atoms with Crippen molar-refractivity contribution in [1.29, 1.82) is 0 Å². The van der Waals surface area contributed by atoms with E-state index in [9.17, 15) is 0 Å². The molecule has 2 aliphatic rings. The average molecular weight is 258 g/mol. The molecule has 104 valence electrons. The van der Waals surface area contributed by atoms with Gasteiger partial charge in [-0.25, -0.2) is 0 Å². The van der Waals surface area contributed by atoms with Gasteiger partial charge in [0.1, 0.15) is 0 Å². The molecule has 0 bridgehead atoms. The summed E-state index contributed by atoms with van der Waals surface area (Å²) in [5, 5.41) is 3.72. The molecule has 19 heavy (non-hydrogen) atoms. The van der Waals surface area contributed by atoms with Gasteiger partial charge in [-0.15, -0.1) is 0 Å². The first-order valence-corrected chi connectivity index (χ1v) is 7.84. The molecule has 1 aliphatic carbocycles. The van der Waals surface area contributed by atoms with Gasteiger partial charge in [0.25, 0.3) is 0 Å². The average Bonchev–Trinajstić information content (AvgIpc) is 2.79. The van der Waals surface area contributed by atoms with Crippen molar-refractivity contribution in [3.63, 3.8) is 0 Å². The third-order valence-electron chi connectivity index (χ3n) is 4.79. The Balaban J connectivity index is 1.82. The maximum atomic E-state index is 3.72. The molecule has 3 rings (SSSR count). The molecule has 0 radical (unpaired) electrons. The Bertz CT molecular complexity index is 429. The molecule has 3 unspecified atom stereocenters. The molecule has 1 fully saturated rings. The number of hydrogen-bond donors (Lipinski definition) is 1. The van der Waals surface area contributed by atoms with E-state index in [1.807, 2.05) is 0 Å². The van der Waals surface area contributed by atoms with Crippen molar-refractivity contribution in [2.45, 2.75) is 45.2 Å². The highest BCUT2D eigenvalue weighted by atomic mass is 15.2. The van der Waals surface area contributed by atoms with Crippen molar-refractivity contribution in [3.8, 4) is 0 Å². The van der Waals surface area contributed by atoms with Crippen LogP contribution in [0.4, 0.5) is 0 Å². The van der Waals surface area contributed by atoms with E-state index in [4.69, 9.17) is 0 Å². The number of piperidine rings is 1. The zero-order chi connectivity index (χ0) is 13.2. The fourth-order valence-corrected chi connectivity index (χ4v) is 3.91. The Morgan fingerprint density at radius 1 is 1.32 bits per heavy atom. The summed E-state index contributed by atoms with van der Waals surface area (Å²) in [6, 6.07) is 10.2. The molecular weight excluding hydrogens is 232 g/mol. The third-order valence-corrected chi connectivity index (χ3v) is 4.79. The van der Waals surface area contributed by atoms with Gasteiger partial charge >= 0.3 is 0 Å². The summed E-state index contributed by atoms with van der Waals surface area (Å²) >= 11 is 0. The molecule has 3 atom stereocenters. The van der Waals surface area contributed by atoms with Crippen molar-refractivity contribution >= 4 is 0 Å². The van der Waals surface area contributed by atoms with Gasteiger partial charge in [-0.1, -0.05) is 38.1 Å².